The molecular weight excluding hydrogens is 562 g/mol. The molecule has 0 heterocycles. The Bertz CT molecular complexity index is 1280. The molecule has 7 nitrogen and oxygen atoms in total. The van der Waals surface area contributed by atoms with E-state index in [-0.39, 0.29) is 30.0 Å². The molecule has 0 aromatic heterocycles. The Kier molecular flexibility index (Phi) is 15.7. The molecule has 2 aromatic carbocycles. The summed E-state index contributed by atoms with van der Waals surface area (Å²) in [5.41, 5.74) is 2.95. The first-order chi connectivity index (χ1) is 21.0. The topological polar surface area (TPSA) is 84.9 Å². The number of amides is 2. The van der Waals surface area contributed by atoms with Gasteiger partial charge in [0, 0.05) is 49.9 Å². The molecule has 9 heteroatoms. The number of hydrogen-bond acceptors (Lipinski definition) is 5. The van der Waals surface area contributed by atoms with E-state index in [2.05, 4.69) is 28.2 Å². The van der Waals surface area contributed by atoms with Crippen molar-refractivity contribution in [2.45, 2.75) is 65.3 Å². The van der Waals surface area contributed by atoms with Crippen molar-refractivity contribution >= 4 is 11.8 Å². The Morgan fingerprint density at radius 2 is 1.61 bits per heavy atom. The Balaban J connectivity index is 2.25. The third kappa shape index (κ3) is 12.1. The summed E-state index contributed by atoms with van der Waals surface area (Å²) < 4.78 is 28.0. The molecule has 2 unspecified atom stereocenters. The van der Waals surface area contributed by atoms with Crippen LogP contribution < -0.4 is 10.6 Å². The van der Waals surface area contributed by atoms with Crippen molar-refractivity contribution in [2.24, 2.45) is 0 Å². The van der Waals surface area contributed by atoms with Gasteiger partial charge < -0.3 is 25.5 Å². The van der Waals surface area contributed by atoms with Crippen LogP contribution in [0.3, 0.4) is 0 Å². The molecule has 44 heavy (non-hydrogen) atoms. The Morgan fingerprint density at radius 3 is 2.18 bits per heavy atom. The number of rotatable bonds is 18. The van der Waals surface area contributed by atoms with Gasteiger partial charge in [0.05, 0.1) is 12.1 Å². The van der Waals surface area contributed by atoms with Gasteiger partial charge in [0.15, 0.2) is 0 Å². The van der Waals surface area contributed by atoms with Crippen LogP contribution in [-0.4, -0.2) is 72.6 Å². The average Bonchev–Trinajstić information content (AvgIpc) is 2.96. The van der Waals surface area contributed by atoms with E-state index in [4.69, 9.17) is 0 Å². The average molecular weight is 611 g/mol. The lowest BCUT2D eigenvalue weighted by molar-refractivity contribution is -0.126. The summed E-state index contributed by atoms with van der Waals surface area (Å²) >= 11 is 0. The van der Waals surface area contributed by atoms with Crippen LogP contribution in [0.5, 0.6) is 0 Å². The fourth-order valence-corrected chi connectivity index (χ4v) is 4.92. The van der Waals surface area contributed by atoms with Crippen LogP contribution in [0.15, 0.2) is 78.4 Å². The van der Waals surface area contributed by atoms with E-state index in [0.717, 1.165) is 36.6 Å². The third-order valence-electron chi connectivity index (χ3n) is 6.96. The Morgan fingerprint density at radius 1 is 0.977 bits per heavy atom. The maximum atomic E-state index is 14.0. The molecule has 0 aliphatic rings. The van der Waals surface area contributed by atoms with Crippen LogP contribution in [0.1, 0.15) is 50.3 Å². The molecule has 2 atom stereocenters. The van der Waals surface area contributed by atoms with Crippen molar-refractivity contribution in [3.63, 3.8) is 0 Å². The smallest absolute Gasteiger partial charge is 0.253 e. The second-order valence-corrected chi connectivity index (χ2v) is 11.2. The number of halogens is 2. The minimum atomic E-state index is -1.10. The highest BCUT2D eigenvalue weighted by atomic mass is 19.1. The summed E-state index contributed by atoms with van der Waals surface area (Å²) in [6.07, 6.45) is 4.95. The summed E-state index contributed by atoms with van der Waals surface area (Å²) in [4.78, 5) is 30.5. The molecule has 2 aromatic rings. The van der Waals surface area contributed by atoms with Gasteiger partial charge in [-0.1, -0.05) is 56.8 Å². The van der Waals surface area contributed by atoms with E-state index < -0.39 is 29.7 Å². The minimum Gasteiger partial charge on any atom is -0.390 e. The zero-order valence-electron chi connectivity index (χ0n) is 26.7. The fourth-order valence-electron chi connectivity index (χ4n) is 4.92. The summed E-state index contributed by atoms with van der Waals surface area (Å²) in [6, 6.07) is 10.3. The number of aliphatic hydroxyl groups excluding tert-OH is 1. The largest absolute Gasteiger partial charge is 0.390 e. The van der Waals surface area contributed by atoms with E-state index in [1.807, 2.05) is 46.1 Å². The first kappa shape index (κ1) is 36.5. The lowest BCUT2D eigenvalue weighted by Crippen LogP contribution is -2.49. The number of allylic oxidation sites excluding steroid dienone is 1. The van der Waals surface area contributed by atoms with Crippen LogP contribution in [0, 0.1) is 11.6 Å². The van der Waals surface area contributed by atoms with Gasteiger partial charge in [0.2, 0.25) is 0 Å². The van der Waals surface area contributed by atoms with Crippen LogP contribution in [0.4, 0.5) is 8.78 Å². The van der Waals surface area contributed by atoms with Gasteiger partial charge in [-0.15, -0.1) is 0 Å². The van der Waals surface area contributed by atoms with Crippen molar-refractivity contribution in [1.82, 2.24) is 20.4 Å². The number of aliphatic hydroxyl groups is 1. The molecule has 240 valence electrons. The zero-order chi connectivity index (χ0) is 32.6. The van der Waals surface area contributed by atoms with Gasteiger partial charge in [-0.2, -0.15) is 0 Å². The first-order valence-corrected chi connectivity index (χ1v) is 15.2. The van der Waals surface area contributed by atoms with Gasteiger partial charge in [0.25, 0.3) is 11.8 Å². The number of carbonyl (C=O) groups is 2. The summed E-state index contributed by atoms with van der Waals surface area (Å²) in [5.74, 6) is -2.25. The van der Waals surface area contributed by atoms with Crippen molar-refractivity contribution < 1.29 is 23.5 Å². The molecule has 0 fully saturated rings. The van der Waals surface area contributed by atoms with Gasteiger partial charge in [-0.3, -0.25) is 9.59 Å². The van der Waals surface area contributed by atoms with E-state index >= 15 is 0 Å². The van der Waals surface area contributed by atoms with Gasteiger partial charge in [0.1, 0.15) is 11.6 Å². The molecule has 0 saturated carbocycles. The lowest BCUT2D eigenvalue weighted by Gasteiger charge is -2.25. The molecule has 3 N–H and O–H groups in total. The van der Waals surface area contributed by atoms with Gasteiger partial charge >= 0.3 is 0 Å². The van der Waals surface area contributed by atoms with E-state index in [1.54, 1.807) is 17.9 Å². The molecule has 0 saturated heterocycles. The Labute approximate surface area is 261 Å². The molecule has 2 rings (SSSR count). The van der Waals surface area contributed by atoms with Crippen molar-refractivity contribution in [1.29, 1.82) is 0 Å². The first-order valence-electron chi connectivity index (χ1n) is 15.2. The summed E-state index contributed by atoms with van der Waals surface area (Å²) in [6.45, 7) is 12.0. The van der Waals surface area contributed by atoms with Crippen molar-refractivity contribution in [3.05, 3.63) is 107 Å². The number of benzene rings is 2. The zero-order valence-corrected chi connectivity index (χ0v) is 26.7. The molecule has 0 aliphatic carbocycles. The van der Waals surface area contributed by atoms with Crippen LogP contribution in [0.2, 0.25) is 0 Å². The number of carbonyl (C=O) groups excluding carboxylic acids is 2. The molecule has 2 amide bonds. The lowest BCUT2D eigenvalue weighted by atomic mass is 9.99. The second-order valence-electron chi connectivity index (χ2n) is 11.2. The third-order valence-corrected chi connectivity index (χ3v) is 6.96. The second kappa shape index (κ2) is 18.9. The summed E-state index contributed by atoms with van der Waals surface area (Å²) in [7, 11) is 4.00. The number of nitrogens with one attached hydrogen (secondary N) is 2. The van der Waals surface area contributed by atoms with Crippen LogP contribution in [-0.2, 0) is 29.1 Å². The minimum absolute atomic E-state index is 0.0256. The van der Waals surface area contributed by atoms with Gasteiger partial charge in [-0.05, 0) is 75.2 Å². The SMILES string of the molecule is C=C/C(=C\C(=C/C)C(=O)N(CCC)CCC)C(=O)NC(Cc1cc(F)cc(F)c1)C(O)CNCc1cccc(CN(C)C)c1. The molecule has 0 radical (unpaired) electrons. The molecule has 0 aliphatic heterocycles. The highest BCUT2D eigenvalue weighted by Gasteiger charge is 2.24. The van der Waals surface area contributed by atoms with Crippen LogP contribution in [0.25, 0.3) is 0 Å². The predicted octanol–water partition coefficient (Wildman–Crippen LogP) is 4.91. The molecular formula is C35H48F2N4O3. The van der Waals surface area contributed by atoms with E-state index in [9.17, 15) is 23.5 Å². The van der Waals surface area contributed by atoms with Gasteiger partial charge in [-0.25, -0.2) is 8.78 Å². The standard InChI is InChI=1S/C35H48F2N4O3/c1-7-14-41(15-8-2)35(44)29(10-4)20-28(9-3)34(43)39-32(19-27-17-30(36)21-31(37)18-27)33(42)23-38-22-25-12-11-13-26(16-25)24-40(5)6/h9-13,16-18,20-21,32-33,38,42H,3,7-8,14-15,19,22-24H2,1-2,4-6H3,(H,39,43)/b28-20+,29-10+. The fraction of sp³-hybridized carbons (Fsp3) is 0.429. The highest BCUT2D eigenvalue weighted by molar-refractivity contribution is 6.02. The van der Waals surface area contributed by atoms with Crippen molar-refractivity contribution in [2.75, 3.05) is 33.7 Å². The summed E-state index contributed by atoms with van der Waals surface area (Å²) in [5, 5.41) is 17.2. The molecule has 0 bridgehead atoms. The molecule has 0 spiro atoms. The monoisotopic (exact) mass is 610 g/mol. The Hall–Kier alpha value is -3.66. The van der Waals surface area contributed by atoms with Crippen molar-refractivity contribution in [3.8, 4) is 0 Å². The van der Waals surface area contributed by atoms with Crippen LogP contribution >= 0.6 is 0 Å². The maximum absolute atomic E-state index is 14.0. The number of nitrogens with zero attached hydrogens (tertiary/aromatic N) is 2. The predicted molar refractivity (Wildman–Crippen MR) is 173 cm³/mol. The van der Waals surface area contributed by atoms with E-state index in [1.165, 1.54) is 24.3 Å². The maximum Gasteiger partial charge on any atom is 0.253 e. The normalized spacial score (nSPS) is 13.5. The highest BCUT2D eigenvalue weighted by Crippen LogP contribution is 2.15. The number of hydrogen-bond donors (Lipinski definition) is 3. The van der Waals surface area contributed by atoms with E-state index in [0.29, 0.717) is 25.2 Å². The quantitative estimate of drug-likeness (QED) is 0.165.